The minimum absolute atomic E-state index is 0.433. The average Bonchev–Trinajstić information content (AvgIpc) is 2.71. The second-order valence-electron chi connectivity index (χ2n) is 6.68. The number of allylic oxidation sites excluding steroid dienone is 2. The zero-order valence-electron chi connectivity index (χ0n) is 16.5. The fourth-order valence-corrected chi connectivity index (χ4v) is 3.17. The summed E-state index contributed by atoms with van der Waals surface area (Å²) in [5.41, 5.74) is 5.34. The molecule has 2 rings (SSSR count). The van der Waals surface area contributed by atoms with E-state index in [9.17, 15) is 4.79 Å². The molecule has 0 heterocycles. The Balaban J connectivity index is 2.44. The van der Waals surface area contributed by atoms with E-state index in [2.05, 4.69) is 62.9 Å². The largest absolute Gasteiger partial charge is 0.423 e. The summed E-state index contributed by atoms with van der Waals surface area (Å²) in [6, 6.07) is 18.5. The number of esters is 1. The Labute approximate surface area is 163 Å². The molecular formula is C25H30O2. The summed E-state index contributed by atoms with van der Waals surface area (Å²) >= 11 is 0. The molecule has 0 saturated heterocycles. The van der Waals surface area contributed by atoms with Gasteiger partial charge >= 0.3 is 5.97 Å². The molecule has 2 heteroatoms. The van der Waals surface area contributed by atoms with Crippen molar-refractivity contribution in [3.05, 3.63) is 78.4 Å². The Hall–Kier alpha value is -2.61. The van der Waals surface area contributed by atoms with Crippen LogP contribution in [0.5, 0.6) is 5.75 Å². The summed E-state index contributed by atoms with van der Waals surface area (Å²) in [6.07, 6.45) is 7.98. The van der Waals surface area contributed by atoms with E-state index in [1.807, 2.05) is 12.1 Å². The molecule has 2 nitrogen and oxygen atoms in total. The maximum atomic E-state index is 11.4. The van der Waals surface area contributed by atoms with Crippen molar-refractivity contribution < 1.29 is 9.53 Å². The fourth-order valence-electron chi connectivity index (χ4n) is 3.17. The van der Waals surface area contributed by atoms with Gasteiger partial charge in [-0.15, -0.1) is 0 Å². The first kappa shape index (κ1) is 20.7. The van der Waals surface area contributed by atoms with Gasteiger partial charge in [0.2, 0.25) is 0 Å². The number of unbranched alkanes of at least 4 members (excludes halogenated alkanes) is 2. The normalized spacial score (nSPS) is 11.6. The fraction of sp³-hybridized carbons (Fsp3) is 0.320. The van der Waals surface area contributed by atoms with Crippen molar-refractivity contribution in [2.75, 3.05) is 0 Å². The quantitative estimate of drug-likeness (QED) is 0.195. The molecule has 0 aliphatic carbocycles. The Bertz CT molecular complexity index is 755. The molecule has 0 aliphatic heterocycles. The molecule has 27 heavy (non-hydrogen) atoms. The SMILES string of the molecule is C=CC(=O)Oc1ccc(C(CCCC)=C(CCCC)c2ccccc2)cc1. The average molecular weight is 363 g/mol. The van der Waals surface area contributed by atoms with Crippen LogP contribution in [0.15, 0.2) is 67.3 Å². The van der Waals surface area contributed by atoms with Gasteiger partial charge < -0.3 is 4.74 Å². The Morgan fingerprint density at radius 3 is 1.85 bits per heavy atom. The number of carbonyl (C=O) groups is 1. The summed E-state index contributed by atoms with van der Waals surface area (Å²) in [4.78, 5) is 11.4. The monoisotopic (exact) mass is 362 g/mol. The molecule has 0 aromatic heterocycles. The maximum absolute atomic E-state index is 11.4. The zero-order chi connectivity index (χ0) is 19.5. The highest BCUT2D eigenvalue weighted by Gasteiger charge is 2.12. The summed E-state index contributed by atoms with van der Waals surface area (Å²) in [5, 5.41) is 0. The number of hydrogen-bond acceptors (Lipinski definition) is 2. The minimum Gasteiger partial charge on any atom is -0.423 e. The summed E-state index contributed by atoms with van der Waals surface area (Å²) in [6.45, 7) is 7.90. The summed E-state index contributed by atoms with van der Waals surface area (Å²) in [7, 11) is 0. The maximum Gasteiger partial charge on any atom is 0.335 e. The molecule has 0 amide bonds. The van der Waals surface area contributed by atoms with Gasteiger partial charge in [-0.2, -0.15) is 0 Å². The van der Waals surface area contributed by atoms with Gasteiger partial charge in [0.1, 0.15) is 5.75 Å². The number of hydrogen-bond donors (Lipinski definition) is 0. The second-order valence-corrected chi connectivity index (χ2v) is 6.68. The van der Waals surface area contributed by atoms with Crippen molar-refractivity contribution in [1.29, 1.82) is 0 Å². The molecule has 142 valence electrons. The predicted molar refractivity (Wildman–Crippen MR) is 115 cm³/mol. The highest BCUT2D eigenvalue weighted by atomic mass is 16.5. The van der Waals surface area contributed by atoms with Gasteiger partial charge in [-0.25, -0.2) is 4.79 Å². The summed E-state index contributed by atoms with van der Waals surface area (Å²) in [5.74, 6) is 0.116. The summed E-state index contributed by atoms with van der Waals surface area (Å²) < 4.78 is 5.22. The first-order valence-corrected chi connectivity index (χ1v) is 9.91. The lowest BCUT2D eigenvalue weighted by Crippen LogP contribution is -2.03. The molecule has 0 saturated carbocycles. The minimum atomic E-state index is -0.433. The molecule has 0 bridgehead atoms. The molecule has 2 aromatic rings. The molecule has 0 unspecified atom stereocenters. The van der Waals surface area contributed by atoms with E-state index in [1.165, 1.54) is 41.2 Å². The number of rotatable bonds is 10. The van der Waals surface area contributed by atoms with Crippen LogP contribution in [0, 0.1) is 0 Å². The molecule has 0 atom stereocenters. The highest BCUT2D eigenvalue weighted by molar-refractivity contribution is 5.91. The van der Waals surface area contributed by atoms with E-state index in [4.69, 9.17) is 4.74 Å². The van der Waals surface area contributed by atoms with Gasteiger partial charge in [0.15, 0.2) is 0 Å². The van der Waals surface area contributed by atoms with Crippen LogP contribution in [0.3, 0.4) is 0 Å². The Morgan fingerprint density at radius 2 is 1.37 bits per heavy atom. The van der Waals surface area contributed by atoms with Gasteiger partial charge in [-0.1, -0.05) is 75.7 Å². The molecular weight excluding hydrogens is 332 g/mol. The van der Waals surface area contributed by atoms with E-state index < -0.39 is 5.97 Å². The van der Waals surface area contributed by atoms with Gasteiger partial charge in [0.25, 0.3) is 0 Å². The van der Waals surface area contributed by atoms with Gasteiger partial charge in [0.05, 0.1) is 0 Å². The van der Waals surface area contributed by atoms with Crippen molar-refractivity contribution in [3.8, 4) is 5.75 Å². The van der Waals surface area contributed by atoms with Crippen LogP contribution in [0.4, 0.5) is 0 Å². The van der Waals surface area contributed by atoms with Crippen LogP contribution in [0.1, 0.15) is 63.5 Å². The predicted octanol–water partition coefficient (Wildman–Crippen LogP) is 7.07. The standard InChI is InChI=1S/C25H30O2/c1-4-7-14-23(20-12-10-9-11-13-20)24(15-8-5-2)21-16-18-22(19-17-21)27-25(26)6-3/h6,9-13,16-19H,3-5,7-8,14-15H2,1-2H3. The van der Waals surface area contributed by atoms with Crippen LogP contribution in [-0.4, -0.2) is 5.97 Å². The highest BCUT2D eigenvalue weighted by Crippen LogP contribution is 2.34. The molecule has 2 aromatic carbocycles. The topological polar surface area (TPSA) is 26.3 Å². The van der Waals surface area contributed by atoms with Crippen molar-refractivity contribution in [3.63, 3.8) is 0 Å². The third-order valence-electron chi connectivity index (χ3n) is 4.64. The van der Waals surface area contributed by atoms with Crippen LogP contribution in [-0.2, 0) is 4.79 Å². The number of benzene rings is 2. The van der Waals surface area contributed by atoms with E-state index in [0.29, 0.717) is 5.75 Å². The first-order chi connectivity index (χ1) is 13.2. The molecule has 0 fully saturated rings. The molecule has 0 radical (unpaired) electrons. The smallest absolute Gasteiger partial charge is 0.335 e. The lowest BCUT2D eigenvalue weighted by molar-refractivity contribution is -0.128. The van der Waals surface area contributed by atoms with Gasteiger partial charge in [-0.3, -0.25) is 0 Å². The third-order valence-corrected chi connectivity index (χ3v) is 4.64. The molecule has 0 spiro atoms. The van der Waals surface area contributed by atoms with Crippen molar-refractivity contribution >= 4 is 17.1 Å². The van der Waals surface area contributed by atoms with E-state index >= 15 is 0 Å². The second kappa shape index (κ2) is 11.2. The van der Waals surface area contributed by atoms with Gasteiger partial charge in [0, 0.05) is 6.08 Å². The third kappa shape index (κ3) is 6.25. The molecule has 0 aliphatic rings. The van der Waals surface area contributed by atoms with Crippen LogP contribution in [0.25, 0.3) is 11.1 Å². The lowest BCUT2D eigenvalue weighted by atomic mass is 9.88. The van der Waals surface area contributed by atoms with Crippen LogP contribution in [0.2, 0.25) is 0 Å². The van der Waals surface area contributed by atoms with Crippen LogP contribution < -0.4 is 4.74 Å². The van der Waals surface area contributed by atoms with Crippen LogP contribution >= 0.6 is 0 Å². The van der Waals surface area contributed by atoms with Crippen molar-refractivity contribution in [2.45, 2.75) is 52.4 Å². The van der Waals surface area contributed by atoms with Crippen molar-refractivity contribution in [1.82, 2.24) is 0 Å². The first-order valence-electron chi connectivity index (χ1n) is 9.91. The van der Waals surface area contributed by atoms with Gasteiger partial charge in [-0.05, 0) is 60.1 Å². The Morgan fingerprint density at radius 1 is 0.852 bits per heavy atom. The number of ether oxygens (including phenoxy) is 1. The Kier molecular flexibility index (Phi) is 8.57. The van der Waals surface area contributed by atoms with E-state index in [0.717, 1.165) is 25.7 Å². The lowest BCUT2D eigenvalue weighted by Gasteiger charge is -2.17. The van der Waals surface area contributed by atoms with Crippen molar-refractivity contribution in [2.24, 2.45) is 0 Å². The number of carbonyl (C=O) groups excluding carboxylic acids is 1. The zero-order valence-corrected chi connectivity index (χ0v) is 16.5. The van der Waals surface area contributed by atoms with E-state index in [1.54, 1.807) is 0 Å². The van der Waals surface area contributed by atoms with E-state index in [-0.39, 0.29) is 0 Å². The molecule has 0 N–H and O–H groups in total.